The van der Waals surface area contributed by atoms with Crippen molar-refractivity contribution < 1.29 is 14.7 Å². The summed E-state index contributed by atoms with van der Waals surface area (Å²) in [6.07, 6.45) is 0. The van der Waals surface area contributed by atoms with Crippen LogP contribution in [0, 0.1) is 5.92 Å². The van der Waals surface area contributed by atoms with Gasteiger partial charge in [-0.05, 0) is 20.8 Å². The first-order chi connectivity index (χ1) is 6.22. The minimum atomic E-state index is -0.916. The van der Waals surface area contributed by atoms with Crippen LogP contribution in [0.15, 0.2) is 0 Å². The first-order valence-corrected chi connectivity index (χ1v) is 4.51. The molecule has 0 aliphatic rings. The standard InChI is InChI=1S/C9H18N2O3/c1-6(7(12)13)5-10-8(14)11-9(2,3)4/h6H,5H2,1-4H3,(H,12,13)(H2,10,11,14). The predicted octanol–water partition coefficient (Wildman–Crippen LogP) is 0.805. The highest BCUT2D eigenvalue weighted by atomic mass is 16.4. The predicted molar refractivity (Wildman–Crippen MR) is 53.1 cm³/mol. The normalized spacial score (nSPS) is 13.1. The van der Waals surface area contributed by atoms with E-state index in [9.17, 15) is 9.59 Å². The largest absolute Gasteiger partial charge is 0.481 e. The zero-order chi connectivity index (χ0) is 11.4. The molecule has 0 saturated carbocycles. The zero-order valence-corrected chi connectivity index (χ0v) is 9.05. The Kier molecular flexibility index (Phi) is 4.40. The molecule has 0 aromatic carbocycles. The van der Waals surface area contributed by atoms with Crippen LogP contribution in [-0.4, -0.2) is 29.2 Å². The van der Waals surface area contributed by atoms with Crippen molar-refractivity contribution in [1.29, 1.82) is 0 Å². The highest BCUT2D eigenvalue weighted by Gasteiger charge is 2.15. The van der Waals surface area contributed by atoms with Gasteiger partial charge in [0.2, 0.25) is 0 Å². The molecule has 0 aliphatic heterocycles. The average Bonchev–Trinajstić information content (AvgIpc) is 1.96. The number of carbonyl (C=O) groups is 2. The van der Waals surface area contributed by atoms with Gasteiger partial charge in [0.05, 0.1) is 5.92 Å². The van der Waals surface area contributed by atoms with Crippen LogP contribution in [0.4, 0.5) is 4.79 Å². The molecule has 0 rings (SSSR count). The lowest BCUT2D eigenvalue weighted by Crippen LogP contribution is -2.47. The van der Waals surface area contributed by atoms with E-state index in [4.69, 9.17) is 5.11 Å². The number of hydrogen-bond acceptors (Lipinski definition) is 2. The molecule has 82 valence electrons. The molecule has 0 fully saturated rings. The molecular weight excluding hydrogens is 184 g/mol. The summed E-state index contributed by atoms with van der Waals surface area (Å²) in [6.45, 7) is 7.24. The lowest BCUT2D eigenvalue weighted by Gasteiger charge is -2.21. The van der Waals surface area contributed by atoms with Gasteiger partial charge in [-0.1, -0.05) is 6.92 Å². The quantitative estimate of drug-likeness (QED) is 0.633. The van der Waals surface area contributed by atoms with Crippen LogP contribution in [0.3, 0.4) is 0 Å². The Balaban J connectivity index is 3.81. The SMILES string of the molecule is CC(CNC(=O)NC(C)(C)C)C(=O)O. The van der Waals surface area contributed by atoms with Gasteiger partial charge in [-0.25, -0.2) is 4.79 Å². The second-order valence-corrected chi connectivity index (χ2v) is 4.32. The van der Waals surface area contributed by atoms with Gasteiger partial charge in [-0.3, -0.25) is 4.79 Å². The molecule has 14 heavy (non-hydrogen) atoms. The van der Waals surface area contributed by atoms with Gasteiger partial charge in [-0.2, -0.15) is 0 Å². The van der Waals surface area contributed by atoms with Gasteiger partial charge in [0.1, 0.15) is 0 Å². The number of carboxylic acid groups (broad SMARTS) is 1. The number of carbonyl (C=O) groups excluding carboxylic acids is 1. The highest BCUT2D eigenvalue weighted by Crippen LogP contribution is 1.98. The summed E-state index contributed by atoms with van der Waals surface area (Å²) in [5, 5.41) is 13.7. The van der Waals surface area contributed by atoms with E-state index in [0.717, 1.165) is 0 Å². The fourth-order valence-electron chi connectivity index (χ4n) is 0.718. The van der Waals surface area contributed by atoms with Crippen molar-refractivity contribution >= 4 is 12.0 Å². The summed E-state index contributed by atoms with van der Waals surface area (Å²) in [7, 11) is 0. The summed E-state index contributed by atoms with van der Waals surface area (Å²) < 4.78 is 0. The third-order valence-corrected chi connectivity index (χ3v) is 1.48. The Morgan fingerprint density at radius 1 is 1.36 bits per heavy atom. The molecule has 0 radical (unpaired) electrons. The average molecular weight is 202 g/mol. The van der Waals surface area contributed by atoms with Crippen molar-refractivity contribution in [2.24, 2.45) is 5.92 Å². The van der Waals surface area contributed by atoms with Crippen molar-refractivity contribution in [2.75, 3.05) is 6.54 Å². The van der Waals surface area contributed by atoms with E-state index in [2.05, 4.69) is 10.6 Å². The van der Waals surface area contributed by atoms with E-state index in [-0.39, 0.29) is 18.1 Å². The fraction of sp³-hybridized carbons (Fsp3) is 0.778. The number of rotatable bonds is 3. The van der Waals surface area contributed by atoms with Gasteiger partial charge < -0.3 is 15.7 Å². The van der Waals surface area contributed by atoms with Crippen molar-refractivity contribution in [3.63, 3.8) is 0 Å². The highest BCUT2D eigenvalue weighted by molar-refractivity contribution is 5.76. The van der Waals surface area contributed by atoms with Gasteiger partial charge in [0.15, 0.2) is 0 Å². The maximum atomic E-state index is 11.2. The molecular formula is C9H18N2O3. The molecule has 0 aromatic heterocycles. The summed E-state index contributed by atoms with van der Waals surface area (Å²) in [5.74, 6) is -1.48. The van der Waals surface area contributed by atoms with Crippen LogP contribution in [0.25, 0.3) is 0 Å². The summed E-state index contributed by atoms with van der Waals surface area (Å²) in [4.78, 5) is 21.6. The second-order valence-electron chi connectivity index (χ2n) is 4.32. The first kappa shape index (κ1) is 12.7. The van der Waals surface area contributed by atoms with E-state index in [0.29, 0.717) is 0 Å². The minimum Gasteiger partial charge on any atom is -0.481 e. The Morgan fingerprint density at radius 3 is 2.21 bits per heavy atom. The minimum absolute atomic E-state index is 0.136. The first-order valence-electron chi connectivity index (χ1n) is 4.51. The van der Waals surface area contributed by atoms with Gasteiger partial charge in [0, 0.05) is 12.1 Å². The molecule has 3 N–H and O–H groups in total. The third kappa shape index (κ3) is 6.28. The van der Waals surface area contributed by atoms with Crippen LogP contribution in [0.1, 0.15) is 27.7 Å². The number of urea groups is 1. The molecule has 5 heteroatoms. The zero-order valence-electron chi connectivity index (χ0n) is 9.05. The van der Waals surface area contributed by atoms with Gasteiger partial charge in [0.25, 0.3) is 0 Å². The van der Waals surface area contributed by atoms with Gasteiger partial charge >= 0.3 is 12.0 Å². The lowest BCUT2D eigenvalue weighted by atomic mass is 10.1. The van der Waals surface area contributed by atoms with E-state index >= 15 is 0 Å². The monoisotopic (exact) mass is 202 g/mol. The van der Waals surface area contributed by atoms with Crippen LogP contribution >= 0.6 is 0 Å². The van der Waals surface area contributed by atoms with E-state index in [1.807, 2.05) is 20.8 Å². The summed E-state index contributed by atoms with van der Waals surface area (Å²) in [5.41, 5.74) is -0.309. The number of nitrogens with one attached hydrogen (secondary N) is 2. The molecule has 0 saturated heterocycles. The summed E-state index contributed by atoms with van der Waals surface area (Å²) >= 11 is 0. The molecule has 2 amide bonds. The molecule has 1 unspecified atom stereocenters. The molecule has 0 aliphatic carbocycles. The van der Waals surface area contributed by atoms with E-state index in [1.165, 1.54) is 0 Å². The van der Waals surface area contributed by atoms with Crippen LogP contribution in [0.5, 0.6) is 0 Å². The maximum absolute atomic E-state index is 11.2. The fourth-order valence-corrected chi connectivity index (χ4v) is 0.718. The number of carboxylic acids is 1. The maximum Gasteiger partial charge on any atom is 0.315 e. The summed E-state index contributed by atoms with van der Waals surface area (Å²) in [6, 6.07) is -0.342. The Hall–Kier alpha value is -1.26. The number of aliphatic carboxylic acids is 1. The smallest absolute Gasteiger partial charge is 0.315 e. The Bertz CT molecular complexity index is 221. The van der Waals surface area contributed by atoms with Crippen molar-refractivity contribution in [3.8, 4) is 0 Å². The van der Waals surface area contributed by atoms with E-state index in [1.54, 1.807) is 6.92 Å². The van der Waals surface area contributed by atoms with Gasteiger partial charge in [-0.15, -0.1) is 0 Å². The lowest BCUT2D eigenvalue weighted by molar-refractivity contribution is -0.140. The molecule has 0 bridgehead atoms. The number of amides is 2. The number of hydrogen-bond donors (Lipinski definition) is 3. The topological polar surface area (TPSA) is 78.4 Å². The van der Waals surface area contributed by atoms with Crippen LogP contribution < -0.4 is 10.6 Å². The Labute approximate surface area is 83.9 Å². The van der Waals surface area contributed by atoms with Crippen molar-refractivity contribution in [2.45, 2.75) is 33.2 Å². The molecule has 1 atom stereocenters. The molecule has 0 aromatic rings. The van der Waals surface area contributed by atoms with Crippen LogP contribution in [0.2, 0.25) is 0 Å². The second kappa shape index (κ2) is 4.83. The van der Waals surface area contributed by atoms with Crippen molar-refractivity contribution in [1.82, 2.24) is 10.6 Å². The molecule has 0 spiro atoms. The van der Waals surface area contributed by atoms with Crippen LogP contribution in [-0.2, 0) is 4.79 Å². The third-order valence-electron chi connectivity index (χ3n) is 1.48. The van der Waals surface area contributed by atoms with Crippen molar-refractivity contribution in [3.05, 3.63) is 0 Å². The molecule has 0 heterocycles. The molecule has 5 nitrogen and oxygen atoms in total. The Morgan fingerprint density at radius 2 is 1.86 bits per heavy atom. The van der Waals surface area contributed by atoms with E-state index < -0.39 is 11.9 Å².